The van der Waals surface area contributed by atoms with Gasteiger partial charge in [-0.25, -0.2) is 4.90 Å². The Balaban J connectivity index is 1.29. The standard InChI is InChI=1S/C29H30N2O5/c1-16-8-10-23(18(3)12-16)30-15-20(14-25(30)32)29(35)36-21-9-11-24(19(4)13-21)31-27(33)22-7-5-6-17(2)26(22)28(31)34/h5-6,8-13,17,20,22,26H,7,14-15H2,1-4H3/t17-,20+,22+,26-/m0/s1. The summed E-state index contributed by atoms with van der Waals surface area (Å²) in [5, 5.41) is 0. The lowest BCUT2D eigenvalue weighted by molar-refractivity contribution is -0.139. The number of aryl methyl sites for hydroxylation is 3. The minimum absolute atomic E-state index is 0.0168. The molecule has 2 aliphatic heterocycles. The second-order valence-electron chi connectivity index (χ2n) is 10.2. The number of allylic oxidation sites excluding steroid dienone is 2. The zero-order valence-electron chi connectivity index (χ0n) is 21.0. The Bertz CT molecular complexity index is 1310. The first-order valence-electron chi connectivity index (χ1n) is 12.4. The van der Waals surface area contributed by atoms with Crippen LogP contribution < -0.4 is 14.5 Å². The Morgan fingerprint density at radius 2 is 1.67 bits per heavy atom. The van der Waals surface area contributed by atoms with Crippen LogP contribution in [-0.4, -0.2) is 30.2 Å². The van der Waals surface area contributed by atoms with E-state index in [0.29, 0.717) is 23.4 Å². The molecule has 5 rings (SSSR count). The van der Waals surface area contributed by atoms with Gasteiger partial charge in [-0.15, -0.1) is 0 Å². The summed E-state index contributed by atoms with van der Waals surface area (Å²) in [4.78, 5) is 54.7. The zero-order valence-corrected chi connectivity index (χ0v) is 21.0. The van der Waals surface area contributed by atoms with Crippen molar-refractivity contribution in [2.45, 2.75) is 40.5 Å². The number of amides is 3. The van der Waals surface area contributed by atoms with Crippen molar-refractivity contribution in [3.63, 3.8) is 0 Å². The fourth-order valence-corrected chi connectivity index (χ4v) is 5.73. The fraction of sp³-hybridized carbons (Fsp3) is 0.379. The first-order valence-corrected chi connectivity index (χ1v) is 12.4. The summed E-state index contributed by atoms with van der Waals surface area (Å²) in [5.41, 5.74) is 4.09. The number of esters is 1. The van der Waals surface area contributed by atoms with Gasteiger partial charge in [0, 0.05) is 18.7 Å². The van der Waals surface area contributed by atoms with Gasteiger partial charge in [-0.3, -0.25) is 19.2 Å². The third-order valence-electron chi connectivity index (χ3n) is 7.60. The molecule has 0 saturated carbocycles. The van der Waals surface area contributed by atoms with E-state index in [1.807, 2.05) is 51.1 Å². The van der Waals surface area contributed by atoms with Crippen LogP contribution in [-0.2, 0) is 19.2 Å². The molecule has 0 aromatic heterocycles. The van der Waals surface area contributed by atoms with Crippen molar-refractivity contribution in [2.75, 3.05) is 16.3 Å². The molecule has 0 N–H and O–H groups in total. The Hall–Kier alpha value is -3.74. The van der Waals surface area contributed by atoms with Crippen molar-refractivity contribution < 1.29 is 23.9 Å². The number of carbonyl (C=O) groups is 4. The van der Waals surface area contributed by atoms with Gasteiger partial charge in [-0.2, -0.15) is 0 Å². The normalized spacial score (nSPS) is 25.5. The quantitative estimate of drug-likeness (QED) is 0.279. The van der Waals surface area contributed by atoms with E-state index >= 15 is 0 Å². The van der Waals surface area contributed by atoms with E-state index in [1.54, 1.807) is 30.0 Å². The first-order chi connectivity index (χ1) is 17.2. The highest BCUT2D eigenvalue weighted by molar-refractivity contribution is 6.22. The molecule has 0 unspecified atom stereocenters. The molecule has 1 aliphatic carbocycles. The summed E-state index contributed by atoms with van der Waals surface area (Å²) in [6.45, 7) is 7.97. The molecule has 186 valence electrons. The molecule has 3 aliphatic rings. The number of nitrogens with zero attached hydrogens (tertiary/aromatic N) is 2. The van der Waals surface area contributed by atoms with Crippen molar-refractivity contribution in [1.29, 1.82) is 0 Å². The summed E-state index contributed by atoms with van der Waals surface area (Å²) >= 11 is 0. The van der Waals surface area contributed by atoms with Crippen molar-refractivity contribution in [2.24, 2.45) is 23.7 Å². The van der Waals surface area contributed by atoms with E-state index in [2.05, 4.69) is 0 Å². The van der Waals surface area contributed by atoms with E-state index < -0.39 is 11.9 Å². The van der Waals surface area contributed by atoms with Crippen LogP contribution in [0.5, 0.6) is 5.75 Å². The van der Waals surface area contributed by atoms with Crippen molar-refractivity contribution in [1.82, 2.24) is 0 Å². The second-order valence-corrected chi connectivity index (χ2v) is 10.2. The molecule has 0 spiro atoms. The second kappa shape index (κ2) is 9.04. The molecular formula is C29H30N2O5. The molecule has 7 nitrogen and oxygen atoms in total. The van der Waals surface area contributed by atoms with Gasteiger partial charge >= 0.3 is 5.97 Å². The molecule has 4 atom stereocenters. The third-order valence-corrected chi connectivity index (χ3v) is 7.60. The van der Waals surface area contributed by atoms with Gasteiger partial charge in [0.2, 0.25) is 17.7 Å². The molecule has 2 saturated heterocycles. The minimum Gasteiger partial charge on any atom is -0.426 e. The van der Waals surface area contributed by atoms with Gasteiger partial charge < -0.3 is 9.64 Å². The van der Waals surface area contributed by atoms with Crippen LogP contribution in [0.25, 0.3) is 0 Å². The van der Waals surface area contributed by atoms with E-state index in [0.717, 1.165) is 16.8 Å². The Morgan fingerprint density at radius 3 is 2.36 bits per heavy atom. The molecule has 2 fully saturated rings. The van der Waals surface area contributed by atoms with Crippen LogP contribution in [0.2, 0.25) is 0 Å². The van der Waals surface area contributed by atoms with Crippen molar-refractivity contribution in [3.05, 3.63) is 65.2 Å². The van der Waals surface area contributed by atoms with Crippen LogP contribution in [0.1, 0.15) is 36.5 Å². The number of anilines is 2. The predicted molar refractivity (Wildman–Crippen MR) is 136 cm³/mol. The average Bonchev–Trinajstić information content (AvgIpc) is 3.32. The van der Waals surface area contributed by atoms with E-state index in [1.165, 1.54) is 4.90 Å². The van der Waals surface area contributed by atoms with Gasteiger partial charge in [0.15, 0.2) is 0 Å². The topological polar surface area (TPSA) is 84.0 Å². The number of fused-ring (bicyclic) bond motifs is 1. The first kappa shape index (κ1) is 24.0. The van der Waals surface area contributed by atoms with Crippen LogP contribution in [0, 0.1) is 44.4 Å². The number of hydrogen-bond donors (Lipinski definition) is 0. The highest BCUT2D eigenvalue weighted by atomic mass is 16.5. The fourth-order valence-electron chi connectivity index (χ4n) is 5.73. The van der Waals surface area contributed by atoms with E-state index in [-0.39, 0.29) is 48.4 Å². The van der Waals surface area contributed by atoms with Crippen LogP contribution in [0.3, 0.4) is 0 Å². The average molecular weight is 487 g/mol. The molecule has 36 heavy (non-hydrogen) atoms. The molecule has 0 bridgehead atoms. The van der Waals surface area contributed by atoms with Gasteiger partial charge in [-0.1, -0.05) is 36.8 Å². The maximum Gasteiger partial charge on any atom is 0.316 e. The molecule has 2 aromatic carbocycles. The largest absolute Gasteiger partial charge is 0.426 e. The van der Waals surface area contributed by atoms with Gasteiger partial charge in [-0.05, 0) is 68.5 Å². The van der Waals surface area contributed by atoms with E-state index in [4.69, 9.17) is 4.74 Å². The number of ether oxygens (including phenoxy) is 1. The summed E-state index contributed by atoms with van der Waals surface area (Å²) in [6, 6.07) is 10.8. The summed E-state index contributed by atoms with van der Waals surface area (Å²) < 4.78 is 5.63. The van der Waals surface area contributed by atoms with Gasteiger partial charge in [0.05, 0.1) is 23.4 Å². The number of benzene rings is 2. The molecule has 2 aromatic rings. The Morgan fingerprint density at radius 1 is 0.944 bits per heavy atom. The van der Waals surface area contributed by atoms with Crippen molar-refractivity contribution >= 4 is 35.1 Å². The SMILES string of the molecule is Cc1ccc(N2C[C@H](C(=O)Oc3ccc(N4C(=O)[C@H]5[C@@H](C)C=CC[C@H]5C4=O)c(C)c3)CC2=O)c(C)c1. The Kier molecular flexibility index (Phi) is 6.02. The monoisotopic (exact) mass is 486 g/mol. The molecule has 7 heteroatoms. The van der Waals surface area contributed by atoms with Gasteiger partial charge in [0.1, 0.15) is 5.75 Å². The number of hydrogen-bond acceptors (Lipinski definition) is 5. The lowest BCUT2D eigenvalue weighted by atomic mass is 9.78. The van der Waals surface area contributed by atoms with Crippen LogP contribution in [0.15, 0.2) is 48.6 Å². The minimum atomic E-state index is -0.572. The maximum absolute atomic E-state index is 13.1. The summed E-state index contributed by atoms with van der Waals surface area (Å²) in [7, 11) is 0. The highest BCUT2D eigenvalue weighted by Gasteiger charge is 2.50. The van der Waals surface area contributed by atoms with Crippen LogP contribution >= 0.6 is 0 Å². The Labute approximate surface area is 210 Å². The zero-order chi connectivity index (χ0) is 25.7. The lowest BCUT2D eigenvalue weighted by Crippen LogP contribution is -2.32. The number of imide groups is 1. The predicted octanol–water partition coefficient (Wildman–Crippen LogP) is 4.27. The smallest absolute Gasteiger partial charge is 0.316 e. The molecule has 2 heterocycles. The van der Waals surface area contributed by atoms with E-state index in [9.17, 15) is 19.2 Å². The lowest BCUT2D eigenvalue weighted by Gasteiger charge is -2.22. The van der Waals surface area contributed by atoms with Crippen molar-refractivity contribution in [3.8, 4) is 5.75 Å². The van der Waals surface area contributed by atoms with Crippen LogP contribution in [0.4, 0.5) is 11.4 Å². The maximum atomic E-state index is 13.1. The molecular weight excluding hydrogens is 456 g/mol. The number of rotatable bonds is 4. The summed E-state index contributed by atoms with van der Waals surface area (Å²) in [5.74, 6) is -1.82. The number of carbonyl (C=O) groups excluding carboxylic acids is 4. The van der Waals surface area contributed by atoms with Gasteiger partial charge in [0.25, 0.3) is 0 Å². The highest BCUT2D eigenvalue weighted by Crippen LogP contribution is 2.41. The third kappa shape index (κ3) is 4.02. The molecule has 3 amide bonds. The molecule has 0 radical (unpaired) electrons. The summed E-state index contributed by atoms with van der Waals surface area (Å²) in [6.07, 6.45) is 4.64.